The molecule has 1 amide bonds. The van der Waals surface area contributed by atoms with Gasteiger partial charge in [0.05, 0.1) is 11.5 Å². The third kappa shape index (κ3) is 5.63. The Balaban J connectivity index is 1.89. The van der Waals surface area contributed by atoms with Gasteiger partial charge in [-0.2, -0.15) is 0 Å². The molecule has 0 aliphatic carbocycles. The smallest absolute Gasteiger partial charge is 0.410 e. The molecule has 0 saturated carbocycles. The molecule has 2 unspecified atom stereocenters. The molecule has 2 atom stereocenters. The molecule has 2 rings (SSSR count). The van der Waals surface area contributed by atoms with E-state index in [0.717, 1.165) is 6.42 Å². The Labute approximate surface area is 150 Å². The van der Waals surface area contributed by atoms with Gasteiger partial charge in [0.25, 0.3) is 0 Å². The van der Waals surface area contributed by atoms with Crippen molar-refractivity contribution in [2.45, 2.75) is 50.7 Å². The number of amides is 1. The van der Waals surface area contributed by atoms with Gasteiger partial charge in [0.15, 0.2) is 9.84 Å². The second-order valence-corrected chi connectivity index (χ2v) is 9.65. The summed E-state index contributed by atoms with van der Waals surface area (Å²) in [6.07, 6.45) is 1.73. The van der Waals surface area contributed by atoms with E-state index in [2.05, 4.69) is 0 Å². The summed E-state index contributed by atoms with van der Waals surface area (Å²) in [6.45, 7) is 8.63. The van der Waals surface area contributed by atoms with Crippen LogP contribution in [0.1, 0.15) is 34.1 Å². The van der Waals surface area contributed by atoms with E-state index in [-0.39, 0.29) is 22.9 Å². The first-order valence-corrected chi connectivity index (χ1v) is 10.3. The second-order valence-electron chi connectivity index (χ2n) is 7.64. The van der Waals surface area contributed by atoms with Gasteiger partial charge in [0.1, 0.15) is 11.4 Å². The minimum absolute atomic E-state index is 0.107. The highest BCUT2D eigenvalue weighted by atomic mass is 32.2. The lowest BCUT2D eigenvalue weighted by atomic mass is 10.1. The minimum Gasteiger partial charge on any atom is -0.493 e. The van der Waals surface area contributed by atoms with Crippen molar-refractivity contribution < 1.29 is 22.7 Å². The Kier molecular flexibility index (Phi) is 5.66. The monoisotopic (exact) mass is 369 g/mol. The molecule has 0 aromatic heterocycles. The first-order valence-electron chi connectivity index (χ1n) is 8.38. The van der Waals surface area contributed by atoms with Gasteiger partial charge in [0.2, 0.25) is 0 Å². The Bertz CT molecular complexity index is 706. The average molecular weight is 369 g/mol. The Morgan fingerprint density at radius 2 is 1.84 bits per heavy atom. The Hall–Kier alpha value is -1.76. The zero-order valence-electron chi connectivity index (χ0n) is 15.5. The summed E-state index contributed by atoms with van der Waals surface area (Å²) < 4.78 is 34.1. The van der Waals surface area contributed by atoms with Gasteiger partial charge < -0.3 is 14.4 Å². The van der Waals surface area contributed by atoms with Crippen molar-refractivity contribution in [2.75, 3.05) is 19.4 Å². The van der Waals surface area contributed by atoms with Crippen LogP contribution in [0.2, 0.25) is 0 Å². The van der Waals surface area contributed by atoms with E-state index in [1.54, 1.807) is 17.0 Å². The molecule has 1 aromatic rings. The van der Waals surface area contributed by atoms with Gasteiger partial charge in [-0.3, -0.25) is 0 Å². The van der Waals surface area contributed by atoms with Crippen molar-refractivity contribution in [1.29, 1.82) is 0 Å². The number of benzene rings is 1. The highest BCUT2D eigenvalue weighted by Crippen LogP contribution is 2.26. The molecule has 0 radical (unpaired) electrons. The fourth-order valence-electron chi connectivity index (χ4n) is 2.84. The number of likely N-dealkylation sites (tertiary alicyclic amines) is 1. The van der Waals surface area contributed by atoms with Crippen molar-refractivity contribution in [2.24, 2.45) is 5.92 Å². The normalized spacial score (nSPS) is 21.2. The summed E-state index contributed by atoms with van der Waals surface area (Å²) in [5.41, 5.74) is -0.507. The maximum absolute atomic E-state index is 12.2. The topological polar surface area (TPSA) is 72.9 Å². The predicted molar refractivity (Wildman–Crippen MR) is 95.6 cm³/mol. The van der Waals surface area contributed by atoms with E-state index in [1.165, 1.54) is 18.4 Å². The number of ether oxygens (including phenoxy) is 2. The summed E-state index contributed by atoms with van der Waals surface area (Å²) in [5.74, 6) is 0.841. The zero-order chi connectivity index (χ0) is 18.8. The standard InChI is InChI=1S/C18H27NO5S/c1-13-10-14(11-19(13)17(20)24-18(2,3)4)12-23-15-6-8-16(9-7-15)25(5,21)22/h6-9,13-14H,10-12H2,1-5H3. The molecule has 7 heteroatoms. The van der Waals surface area contributed by atoms with Gasteiger partial charge in [-0.05, 0) is 58.4 Å². The molecule has 1 aliphatic heterocycles. The maximum Gasteiger partial charge on any atom is 0.410 e. The third-order valence-corrected chi connectivity index (χ3v) is 5.16. The van der Waals surface area contributed by atoms with E-state index in [1.807, 2.05) is 27.7 Å². The van der Waals surface area contributed by atoms with Gasteiger partial charge in [-0.1, -0.05) is 0 Å². The number of carbonyl (C=O) groups is 1. The third-order valence-electron chi connectivity index (χ3n) is 4.03. The van der Waals surface area contributed by atoms with Crippen molar-refractivity contribution in [3.05, 3.63) is 24.3 Å². The molecule has 1 saturated heterocycles. The lowest BCUT2D eigenvalue weighted by molar-refractivity contribution is 0.0231. The van der Waals surface area contributed by atoms with E-state index in [4.69, 9.17) is 9.47 Å². The van der Waals surface area contributed by atoms with Crippen LogP contribution < -0.4 is 4.74 Å². The largest absolute Gasteiger partial charge is 0.493 e. The summed E-state index contributed by atoms with van der Waals surface area (Å²) in [7, 11) is -3.20. The van der Waals surface area contributed by atoms with Crippen LogP contribution in [-0.2, 0) is 14.6 Å². The zero-order valence-corrected chi connectivity index (χ0v) is 16.3. The molecule has 0 N–H and O–H groups in total. The number of carbonyl (C=O) groups excluding carboxylic acids is 1. The van der Waals surface area contributed by atoms with Gasteiger partial charge in [-0.25, -0.2) is 13.2 Å². The van der Waals surface area contributed by atoms with E-state index in [9.17, 15) is 13.2 Å². The van der Waals surface area contributed by atoms with Crippen molar-refractivity contribution >= 4 is 15.9 Å². The van der Waals surface area contributed by atoms with E-state index < -0.39 is 15.4 Å². The summed E-state index contributed by atoms with van der Waals surface area (Å²) in [5, 5.41) is 0. The Morgan fingerprint density at radius 1 is 1.24 bits per heavy atom. The van der Waals surface area contributed by atoms with E-state index >= 15 is 0 Å². The number of sulfone groups is 1. The van der Waals surface area contributed by atoms with Crippen LogP contribution in [0.5, 0.6) is 5.75 Å². The molecular formula is C18H27NO5S. The molecule has 1 heterocycles. The summed E-state index contributed by atoms with van der Waals surface area (Å²) >= 11 is 0. The highest BCUT2D eigenvalue weighted by molar-refractivity contribution is 7.90. The SMILES string of the molecule is CC1CC(COc2ccc(S(C)(=O)=O)cc2)CN1C(=O)OC(C)(C)C. The van der Waals surface area contributed by atoms with Crippen LogP contribution in [0.3, 0.4) is 0 Å². The fourth-order valence-corrected chi connectivity index (χ4v) is 3.47. The number of hydrogen-bond acceptors (Lipinski definition) is 5. The summed E-state index contributed by atoms with van der Waals surface area (Å²) in [4.78, 5) is 14.2. The van der Waals surface area contributed by atoms with Crippen molar-refractivity contribution in [3.63, 3.8) is 0 Å². The molecule has 1 aliphatic rings. The molecule has 1 fully saturated rings. The van der Waals surface area contributed by atoms with Crippen LogP contribution >= 0.6 is 0 Å². The van der Waals surface area contributed by atoms with Gasteiger partial charge in [0, 0.05) is 24.8 Å². The van der Waals surface area contributed by atoms with Crippen molar-refractivity contribution in [3.8, 4) is 5.75 Å². The fraction of sp³-hybridized carbons (Fsp3) is 0.611. The number of nitrogens with zero attached hydrogens (tertiary/aromatic N) is 1. The average Bonchev–Trinajstić information content (AvgIpc) is 2.84. The molecule has 140 valence electrons. The lowest BCUT2D eigenvalue weighted by Crippen LogP contribution is -2.39. The van der Waals surface area contributed by atoms with Crippen LogP contribution in [0, 0.1) is 5.92 Å². The molecular weight excluding hydrogens is 342 g/mol. The lowest BCUT2D eigenvalue weighted by Gasteiger charge is -2.27. The minimum atomic E-state index is -3.20. The first-order chi connectivity index (χ1) is 11.5. The first kappa shape index (κ1) is 19.6. The molecule has 1 aromatic carbocycles. The van der Waals surface area contributed by atoms with Crippen molar-refractivity contribution in [1.82, 2.24) is 4.90 Å². The van der Waals surface area contributed by atoms with Crippen LogP contribution in [0.4, 0.5) is 4.79 Å². The number of rotatable bonds is 4. The van der Waals surface area contributed by atoms with Crippen LogP contribution in [0.25, 0.3) is 0 Å². The second kappa shape index (κ2) is 7.23. The van der Waals surface area contributed by atoms with Gasteiger partial charge in [-0.15, -0.1) is 0 Å². The predicted octanol–water partition coefficient (Wildman–Crippen LogP) is 3.11. The maximum atomic E-state index is 12.2. The molecule has 0 bridgehead atoms. The van der Waals surface area contributed by atoms with Crippen LogP contribution in [0.15, 0.2) is 29.2 Å². The number of hydrogen-bond donors (Lipinski definition) is 0. The molecule has 25 heavy (non-hydrogen) atoms. The highest BCUT2D eigenvalue weighted by Gasteiger charge is 2.35. The Morgan fingerprint density at radius 3 is 2.36 bits per heavy atom. The van der Waals surface area contributed by atoms with Gasteiger partial charge >= 0.3 is 6.09 Å². The quantitative estimate of drug-likeness (QED) is 0.815. The molecule has 6 nitrogen and oxygen atoms in total. The van der Waals surface area contributed by atoms with Crippen LogP contribution in [-0.4, -0.2) is 50.5 Å². The molecule has 0 spiro atoms. The summed E-state index contributed by atoms with van der Waals surface area (Å²) in [6, 6.07) is 6.49. The van der Waals surface area contributed by atoms with E-state index in [0.29, 0.717) is 18.9 Å².